The van der Waals surface area contributed by atoms with Gasteiger partial charge in [0, 0.05) is 17.6 Å². The van der Waals surface area contributed by atoms with Crippen LogP contribution < -0.4 is 10.9 Å². The maximum absolute atomic E-state index is 12.8. The van der Waals surface area contributed by atoms with Gasteiger partial charge in [-0.2, -0.15) is 5.10 Å². The molecule has 0 aliphatic rings. The number of benzene rings is 2. The van der Waals surface area contributed by atoms with Crippen molar-refractivity contribution in [1.29, 1.82) is 0 Å². The summed E-state index contributed by atoms with van der Waals surface area (Å²) in [6, 6.07) is 14.7. The molecule has 1 amide bonds. The number of hydrogen-bond donors (Lipinski definition) is 1. The normalized spacial score (nSPS) is 10.8. The molecule has 5 nitrogen and oxygen atoms in total. The second kappa shape index (κ2) is 7.95. The van der Waals surface area contributed by atoms with Crippen LogP contribution >= 0.6 is 0 Å². The van der Waals surface area contributed by atoms with Crippen LogP contribution in [0.15, 0.2) is 53.3 Å². The molecule has 0 bridgehead atoms. The van der Waals surface area contributed by atoms with Crippen molar-refractivity contribution in [2.24, 2.45) is 0 Å². The number of nitrogens with one attached hydrogen (secondary N) is 1. The van der Waals surface area contributed by atoms with Gasteiger partial charge in [-0.05, 0) is 37.1 Å². The molecule has 0 saturated carbocycles. The molecule has 0 saturated heterocycles. The fraction of sp³-hybridized carbons (Fsp3) is 0.286. The number of unbranched alkanes of at least 4 members (excludes halogenated alkanes) is 2. The molecular weight excluding hydrogens is 326 g/mol. The molecule has 0 aliphatic carbocycles. The molecule has 1 heterocycles. The Kier molecular flexibility index (Phi) is 5.46. The Hall–Kier alpha value is -2.95. The quantitative estimate of drug-likeness (QED) is 0.680. The molecule has 3 aromatic rings. The van der Waals surface area contributed by atoms with Gasteiger partial charge in [-0.3, -0.25) is 9.59 Å². The van der Waals surface area contributed by atoms with Gasteiger partial charge < -0.3 is 5.32 Å². The van der Waals surface area contributed by atoms with Gasteiger partial charge in [0.2, 0.25) is 0 Å². The standard InChI is InChI=1S/C21H23N3O2/c1-3-4-7-13-24-21(26)18-12-6-5-11-17(18)19(23-24)20(25)22-16-10-8-9-15(2)14-16/h5-6,8-12,14H,3-4,7,13H2,1-2H3,(H,22,25). The number of carbonyl (C=O) groups excluding carboxylic acids is 1. The van der Waals surface area contributed by atoms with E-state index in [1.807, 2.05) is 43.3 Å². The molecular formula is C21H23N3O2. The average Bonchev–Trinajstić information content (AvgIpc) is 2.64. The fourth-order valence-corrected chi connectivity index (χ4v) is 2.98. The van der Waals surface area contributed by atoms with E-state index < -0.39 is 0 Å². The van der Waals surface area contributed by atoms with Crippen LogP contribution in [0.4, 0.5) is 5.69 Å². The van der Waals surface area contributed by atoms with Crippen molar-refractivity contribution >= 4 is 22.4 Å². The first-order valence-corrected chi connectivity index (χ1v) is 8.98. The Bertz CT molecular complexity index is 992. The molecule has 2 aromatic carbocycles. The van der Waals surface area contributed by atoms with E-state index in [2.05, 4.69) is 17.3 Å². The molecule has 0 atom stereocenters. The molecule has 0 spiro atoms. The molecule has 0 radical (unpaired) electrons. The highest BCUT2D eigenvalue weighted by Crippen LogP contribution is 2.16. The SMILES string of the molecule is CCCCCn1nc(C(=O)Nc2cccc(C)c2)c2ccccc2c1=O. The van der Waals surface area contributed by atoms with Crippen LogP contribution in [0.3, 0.4) is 0 Å². The first-order chi connectivity index (χ1) is 12.6. The lowest BCUT2D eigenvalue weighted by Crippen LogP contribution is -2.27. The van der Waals surface area contributed by atoms with Crippen LogP contribution in [-0.2, 0) is 6.54 Å². The van der Waals surface area contributed by atoms with Gasteiger partial charge in [0.05, 0.1) is 5.39 Å². The van der Waals surface area contributed by atoms with Gasteiger partial charge in [-0.15, -0.1) is 0 Å². The molecule has 26 heavy (non-hydrogen) atoms. The van der Waals surface area contributed by atoms with E-state index >= 15 is 0 Å². The summed E-state index contributed by atoms with van der Waals surface area (Å²) in [6.45, 7) is 4.59. The second-order valence-corrected chi connectivity index (χ2v) is 6.45. The monoisotopic (exact) mass is 349 g/mol. The number of aromatic nitrogens is 2. The minimum absolute atomic E-state index is 0.149. The molecule has 1 N–H and O–H groups in total. The van der Waals surface area contributed by atoms with Crippen molar-refractivity contribution in [2.75, 3.05) is 5.32 Å². The first-order valence-electron chi connectivity index (χ1n) is 8.98. The lowest BCUT2D eigenvalue weighted by atomic mass is 10.1. The summed E-state index contributed by atoms with van der Waals surface area (Å²) >= 11 is 0. The number of nitrogens with zero attached hydrogens (tertiary/aromatic N) is 2. The molecule has 0 aliphatic heterocycles. The van der Waals surface area contributed by atoms with Gasteiger partial charge >= 0.3 is 0 Å². The average molecular weight is 349 g/mol. The topological polar surface area (TPSA) is 64.0 Å². The lowest BCUT2D eigenvalue weighted by molar-refractivity contribution is 0.102. The van der Waals surface area contributed by atoms with Crippen LogP contribution in [0, 0.1) is 6.92 Å². The largest absolute Gasteiger partial charge is 0.321 e. The summed E-state index contributed by atoms with van der Waals surface area (Å²) in [5, 5.41) is 8.37. The summed E-state index contributed by atoms with van der Waals surface area (Å²) in [7, 11) is 0. The van der Waals surface area contributed by atoms with E-state index in [9.17, 15) is 9.59 Å². The summed E-state index contributed by atoms with van der Waals surface area (Å²) in [5.74, 6) is -0.309. The van der Waals surface area contributed by atoms with Crippen molar-refractivity contribution in [3.63, 3.8) is 0 Å². The van der Waals surface area contributed by atoms with Crippen molar-refractivity contribution in [2.45, 2.75) is 39.7 Å². The number of anilines is 1. The Balaban J connectivity index is 2.01. The molecule has 0 fully saturated rings. The van der Waals surface area contributed by atoms with Gasteiger partial charge in [-0.25, -0.2) is 4.68 Å². The number of fused-ring (bicyclic) bond motifs is 1. The third-order valence-electron chi connectivity index (χ3n) is 4.33. The van der Waals surface area contributed by atoms with E-state index in [1.165, 1.54) is 4.68 Å². The zero-order chi connectivity index (χ0) is 18.5. The van der Waals surface area contributed by atoms with Crippen molar-refractivity contribution in [3.05, 3.63) is 70.1 Å². The molecule has 5 heteroatoms. The predicted molar refractivity (Wildman–Crippen MR) is 105 cm³/mol. The van der Waals surface area contributed by atoms with Gasteiger partial charge in [0.25, 0.3) is 11.5 Å². The van der Waals surface area contributed by atoms with E-state index in [1.54, 1.807) is 12.1 Å². The van der Waals surface area contributed by atoms with Crippen molar-refractivity contribution < 1.29 is 4.79 Å². The van der Waals surface area contributed by atoms with Crippen LogP contribution in [0.5, 0.6) is 0 Å². The number of amides is 1. The molecule has 3 rings (SSSR count). The molecule has 1 aromatic heterocycles. The second-order valence-electron chi connectivity index (χ2n) is 6.45. The van der Waals surface area contributed by atoms with Crippen LogP contribution in [-0.4, -0.2) is 15.7 Å². The van der Waals surface area contributed by atoms with Gasteiger partial charge in [0.15, 0.2) is 5.69 Å². The Labute approximate surface area is 152 Å². The lowest BCUT2D eigenvalue weighted by Gasteiger charge is -2.11. The van der Waals surface area contributed by atoms with Crippen LogP contribution in [0.1, 0.15) is 42.2 Å². The van der Waals surface area contributed by atoms with E-state index in [0.29, 0.717) is 23.0 Å². The molecule has 134 valence electrons. The minimum atomic E-state index is -0.309. The number of carbonyl (C=O) groups is 1. The van der Waals surface area contributed by atoms with E-state index in [-0.39, 0.29) is 17.2 Å². The zero-order valence-electron chi connectivity index (χ0n) is 15.2. The smallest absolute Gasteiger partial charge is 0.276 e. The van der Waals surface area contributed by atoms with Crippen LogP contribution in [0.2, 0.25) is 0 Å². The highest BCUT2D eigenvalue weighted by molar-refractivity contribution is 6.11. The summed E-state index contributed by atoms with van der Waals surface area (Å²) in [4.78, 5) is 25.5. The highest BCUT2D eigenvalue weighted by Gasteiger charge is 2.16. The minimum Gasteiger partial charge on any atom is -0.321 e. The highest BCUT2D eigenvalue weighted by atomic mass is 16.2. The Morgan fingerprint density at radius 1 is 1.08 bits per heavy atom. The number of hydrogen-bond acceptors (Lipinski definition) is 3. The van der Waals surface area contributed by atoms with Crippen LogP contribution in [0.25, 0.3) is 10.8 Å². The molecule has 0 unspecified atom stereocenters. The van der Waals surface area contributed by atoms with Crippen molar-refractivity contribution in [3.8, 4) is 0 Å². The fourth-order valence-electron chi connectivity index (χ4n) is 2.98. The summed E-state index contributed by atoms with van der Waals surface area (Å²) in [6.07, 6.45) is 2.94. The third-order valence-corrected chi connectivity index (χ3v) is 4.33. The first kappa shape index (κ1) is 17.9. The van der Waals surface area contributed by atoms with Gasteiger partial charge in [-0.1, -0.05) is 50.1 Å². The summed E-state index contributed by atoms with van der Waals surface area (Å²) in [5.41, 5.74) is 1.90. The number of rotatable bonds is 6. The predicted octanol–water partition coefficient (Wildman–Crippen LogP) is 4.15. The van der Waals surface area contributed by atoms with Crippen molar-refractivity contribution in [1.82, 2.24) is 9.78 Å². The Morgan fingerprint density at radius 3 is 2.58 bits per heavy atom. The van der Waals surface area contributed by atoms with E-state index in [4.69, 9.17) is 0 Å². The van der Waals surface area contributed by atoms with E-state index in [0.717, 1.165) is 24.8 Å². The maximum atomic E-state index is 12.8. The number of aryl methyl sites for hydroxylation is 2. The Morgan fingerprint density at radius 2 is 1.85 bits per heavy atom. The zero-order valence-corrected chi connectivity index (χ0v) is 15.2. The summed E-state index contributed by atoms with van der Waals surface area (Å²) < 4.78 is 1.42. The van der Waals surface area contributed by atoms with Gasteiger partial charge in [0.1, 0.15) is 0 Å². The third kappa shape index (κ3) is 3.82. The maximum Gasteiger partial charge on any atom is 0.276 e.